The molecule has 2 atom stereocenters. The van der Waals surface area contributed by atoms with Gasteiger partial charge in [-0.05, 0) is 12.8 Å². The van der Waals surface area contributed by atoms with Crippen LogP contribution in [0.3, 0.4) is 0 Å². The largest absolute Gasteiger partial charge is 0.480 e. The molecule has 18 heavy (non-hydrogen) atoms. The summed E-state index contributed by atoms with van der Waals surface area (Å²) in [5, 5.41) is 9.46. The Kier molecular flexibility index (Phi) is 2.85. The Hall–Kier alpha value is -1.90. The average Bonchev–Trinajstić information content (AvgIpc) is 3.10. The Labute approximate surface area is 106 Å². The normalized spacial score (nSPS) is 29.6. The van der Waals surface area contributed by atoms with Crippen molar-refractivity contribution in [2.45, 2.75) is 19.8 Å². The first-order valence-corrected chi connectivity index (χ1v) is 6.01. The molecule has 1 aromatic rings. The number of carbonyl (C=O) groups excluding carboxylic acids is 1. The lowest BCUT2D eigenvalue weighted by molar-refractivity contribution is -0.142. The van der Waals surface area contributed by atoms with Gasteiger partial charge in [0.25, 0.3) is 0 Å². The van der Waals surface area contributed by atoms with Crippen molar-refractivity contribution in [3.8, 4) is 0 Å². The lowest BCUT2D eigenvalue weighted by Crippen LogP contribution is -2.31. The number of ketones is 1. The van der Waals surface area contributed by atoms with Gasteiger partial charge in [0.05, 0.1) is 0 Å². The molecule has 3 nitrogen and oxygen atoms in total. The number of hydrogen-bond acceptors (Lipinski definition) is 2. The van der Waals surface area contributed by atoms with Crippen molar-refractivity contribution in [1.82, 2.24) is 0 Å². The number of rotatable bonds is 5. The molecule has 1 N–H and O–H groups in total. The highest BCUT2D eigenvalue weighted by molar-refractivity contribution is 6.16. The van der Waals surface area contributed by atoms with E-state index in [0.717, 1.165) is 0 Å². The van der Waals surface area contributed by atoms with E-state index in [2.05, 4.69) is 6.58 Å². The summed E-state index contributed by atoms with van der Waals surface area (Å²) in [6.07, 6.45) is 2.59. The average molecular weight is 244 g/mol. The molecule has 1 aliphatic carbocycles. The van der Waals surface area contributed by atoms with Crippen LogP contribution in [0.2, 0.25) is 0 Å². The molecule has 0 spiro atoms. The van der Waals surface area contributed by atoms with Gasteiger partial charge in [0.15, 0.2) is 5.78 Å². The summed E-state index contributed by atoms with van der Waals surface area (Å²) in [4.78, 5) is 24.0. The Morgan fingerprint density at radius 1 is 1.39 bits per heavy atom. The Balaban J connectivity index is 2.44. The van der Waals surface area contributed by atoms with Crippen LogP contribution in [0.1, 0.15) is 30.1 Å². The highest BCUT2D eigenvalue weighted by Gasteiger charge is 2.74. The van der Waals surface area contributed by atoms with Crippen LogP contribution in [0.5, 0.6) is 0 Å². The molecule has 2 unspecified atom stereocenters. The van der Waals surface area contributed by atoms with Crippen molar-refractivity contribution < 1.29 is 14.7 Å². The predicted octanol–water partition coefficient (Wildman–Crippen LogP) is 2.93. The molecule has 1 saturated carbocycles. The lowest BCUT2D eigenvalue weighted by atomic mass is 9.84. The number of benzene rings is 1. The first-order chi connectivity index (χ1) is 8.54. The summed E-state index contributed by atoms with van der Waals surface area (Å²) in [5.74, 6) is -1.35. The van der Waals surface area contributed by atoms with Crippen LogP contribution in [-0.4, -0.2) is 16.9 Å². The van der Waals surface area contributed by atoms with Crippen LogP contribution in [-0.2, 0) is 4.79 Å². The second kappa shape index (κ2) is 4.09. The minimum Gasteiger partial charge on any atom is -0.480 e. The minimum atomic E-state index is -1.31. The zero-order valence-corrected chi connectivity index (χ0v) is 10.3. The second-order valence-corrected chi connectivity index (χ2v) is 4.80. The maximum atomic E-state index is 12.5. The third-order valence-electron chi connectivity index (χ3n) is 4.12. The fourth-order valence-corrected chi connectivity index (χ4v) is 2.77. The smallest absolute Gasteiger partial charge is 0.318 e. The van der Waals surface area contributed by atoms with E-state index in [9.17, 15) is 14.7 Å². The number of carboxylic acids is 1. The molecule has 0 bridgehead atoms. The van der Waals surface area contributed by atoms with Gasteiger partial charge < -0.3 is 5.11 Å². The molecule has 1 aromatic carbocycles. The second-order valence-electron chi connectivity index (χ2n) is 4.80. The van der Waals surface area contributed by atoms with Crippen LogP contribution in [0.4, 0.5) is 0 Å². The molecule has 0 radical (unpaired) electrons. The van der Waals surface area contributed by atoms with Crippen molar-refractivity contribution in [2.75, 3.05) is 0 Å². The highest BCUT2D eigenvalue weighted by Crippen LogP contribution is 2.68. The van der Waals surface area contributed by atoms with E-state index in [1.54, 1.807) is 36.4 Å². The monoisotopic (exact) mass is 244 g/mol. The van der Waals surface area contributed by atoms with E-state index >= 15 is 0 Å². The number of aliphatic carboxylic acids is 1. The summed E-state index contributed by atoms with van der Waals surface area (Å²) < 4.78 is 0. The van der Waals surface area contributed by atoms with Crippen molar-refractivity contribution in [3.05, 3.63) is 48.6 Å². The molecule has 0 aliphatic heterocycles. The van der Waals surface area contributed by atoms with Gasteiger partial charge in [-0.2, -0.15) is 0 Å². The minimum absolute atomic E-state index is 0.308. The summed E-state index contributed by atoms with van der Waals surface area (Å²) >= 11 is 0. The number of carbonyl (C=O) groups is 2. The third kappa shape index (κ3) is 1.43. The van der Waals surface area contributed by atoms with Crippen molar-refractivity contribution in [1.29, 1.82) is 0 Å². The van der Waals surface area contributed by atoms with Gasteiger partial charge in [-0.3, -0.25) is 9.59 Å². The molecule has 0 saturated heterocycles. The molecule has 1 aliphatic rings. The lowest BCUT2D eigenvalue weighted by Gasteiger charge is -2.17. The van der Waals surface area contributed by atoms with Gasteiger partial charge in [-0.15, -0.1) is 6.58 Å². The first-order valence-electron chi connectivity index (χ1n) is 6.01. The quantitative estimate of drug-likeness (QED) is 0.492. The molecule has 94 valence electrons. The van der Waals surface area contributed by atoms with E-state index in [1.807, 2.05) is 6.92 Å². The summed E-state index contributed by atoms with van der Waals surface area (Å²) in [6.45, 7) is 5.60. The van der Waals surface area contributed by atoms with Gasteiger partial charge in [0, 0.05) is 11.0 Å². The van der Waals surface area contributed by atoms with E-state index in [1.165, 1.54) is 0 Å². The molecular formula is C15H16O3. The predicted molar refractivity (Wildman–Crippen MR) is 68.4 cm³/mol. The SMILES string of the molecule is C=CC1(CC)CC1(C(=O)O)C(=O)c1ccccc1. The molecule has 3 heteroatoms. The topological polar surface area (TPSA) is 54.4 Å². The van der Waals surface area contributed by atoms with Crippen LogP contribution in [0.25, 0.3) is 0 Å². The van der Waals surface area contributed by atoms with E-state index in [0.29, 0.717) is 18.4 Å². The maximum absolute atomic E-state index is 12.5. The van der Waals surface area contributed by atoms with Gasteiger partial charge >= 0.3 is 5.97 Å². The van der Waals surface area contributed by atoms with E-state index in [4.69, 9.17) is 0 Å². The fourth-order valence-electron chi connectivity index (χ4n) is 2.77. The Morgan fingerprint density at radius 2 is 2.00 bits per heavy atom. The van der Waals surface area contributed by atoms with Crippen LogP contribution >= 0.6 is 0 Å². The third-order valence-corrected chi connectivity index (χ3v) is 4.12. The summed E-state index contributed by atoms with van der Waals surface area (Å²) in [5.41, 5.74) is -1.45. The van der Waals surface area contributed by atoms with E-state index < -0.39 is 16.8 Å². The number of carboxylic acid groups (broad SMARTS) is 1. The van der Waals surface area contributed by atoms with Gasteiger partial charge in [-0.1, -0.05) is 43.3 Å². The van der Waals surface area contributed by atoms with Gasteiger partial charge in [0.1, 0.15) is 5.41 Å². The molecular weight excluding hydrogens is 228 g/mol. The highest BCUT2D eigenvalue weighted by atomic mass is 16.4. The standard InChI is InChI=1S/C15H16O3/c1-3-14(4-2)10-15(14,13(17)18)12(16)11-8-6-5-7-9-11/h3,5-9H,1,4,10H2,2H3,(H,17,18). The van der Waals surface area contributed by atoms with Gasteiger partial charge in [0.2, 0.25) is 0 Å². The van der Waals surface area contributed by atoms with Gasteiger partial charge in [-0.25, -0.2) is 0 Å². The Morgan fingerprint density at radius 3 is 2.39 bits per heavy atom. The van der Waals surface area contributed by atoms with Crippen molar-refractivity contribution in [3.63, 3.8) is 0 Å². The van der Waals surface area contributed by atoms with Crippen molar-refractivity contribution in [2.24, 2.45) is 10.8 Å². The van der Waals surface area contributed by atoms with Crippen molar-refractivity contribution >= 4 is 11.8 Å². The van der Waals surface area contributed by atoms with Crippen LogP contribution in [0.15, 0.2) is 43.0 Å². The molecule has 1 fully saturated rings. The van der Waals surface area contributed by atoms with E-state index in [-0.39, 0.29) is 5.78 Å². The maximum Gasteiger partial charge on any atom is 0.318 e. The number of Topliss-reactive ketones (excluding diaryl/α,β-unsaturated/α-hetero) is 1. The zero-order chi connectivity index (χ0) is 13.4. The zero-order valence-electron chi connectivity index (χ0n) is 10.3. The molecule has 0 heterocycles. The number of hydrogen-bond donors (Lipinski definition) is 1. The summed E-state index contributed by atoms with van der Waals surface area (Å²) in [6, 6.07) is 8.61. The number of allylic oxidation sites excluding steroid dienone is 1. The van der Waals surface area contributed by atoms with Crippen LogP contribution in [0, 0.1) is 10.8 Å². The molecule has 0 aromatic heterocycles. The first kappa shape index (κ1) is 12.6. The Bertz CT molecular complexity index is 506. The molecule has 2 rings (SSSR count). The van der Waals surface area contributed by atoms with Crippen LogP contribution < -0.4 is 0 Å². The fraction of sp³-hybridized carbons (Fsp3) is 0.333. The molecule has 0 amide bonds. The summed E-state index contributed by atoms with van der Waals surface area (Å²) in [7, 11) is 0.